The van der Waals surface area contributed by atoms with Crippen LogP contribution in [0.4, 0.5) is 4.79 Å². The van der Waals surface area contributed by atoms with Gasteiger partial charge in [-0.2, -0.15) is 5.26 Å². The van der Waals surface area contributed by atoms with E-state index in [2.05, 4.69) is 10.6 Å². The van der Waals surface area contributed by atoms with Gasteiger partial charge in [-0.05, 0) is 23.6 Å². The lowest BCUT2D eigenvalue weighted by Gasteiger charge is -2.22. The quantitative estimate of drug-likeness (QED) is 0.377. The number of nitrogens with one attached hydrogen (secondary N) is 2. The largest absolute Gasteiger partial charge is 0.504 e. The van der Waals surface area contributed by atoms with Crippen molar-refractivity contribution in [3.8, 4) is 17.6 Å². The fourth-order valence-corrected chi connectivity index (χ4v) is 3.33. The van der Waals surface area contributed by atoms with Crippen molar-refractivity contribution in [1.82, 2.24) is 10.6 Å². The molecule has 9 heteroatoms. The van der Waals surface area contributed by atoms with E-state index in [4.69, 9.17) is 28.0 Å². The van der Waals surface area contributed by atoms with Gasteiger partial charge in [0, 0.05) is 6.54 Å². The summed E-state index contributed by atoms with van der Waals surface area (Å²) in [5.74, 6) is -1.28. The average Bonchev–Trinajstić information content (AvgIpc) is 2.72. The first kappa shape index (κ1) is 22.6. The highest BCUT2D eigenvalue weighted by molar-refractivity contribution is 7.80. The van der Waals surface area contributed by atoms with Crippen LogP contribution in [0, 0.1) is 11.3 Å². The normalized spacial score (nSPS) is 11.1. The van der Waals surface area contributed by atoms with Crippen molar-refractivity contribution in [2.75, 3.05) is 13.7 Å². The maximum absolute atomic E-state index is 13.0. The second kappa shape index (κ2) is 10.8. The Morgan fingerprint density at radius 2 is 1.97 bits per heavy atom. The van der Waals surface area contributed by atoms with Crippen LogP contribution in [0.5, 0.6) is 11.5 Å². The fourth-order valence-electron chi connectivity index (χ4n) is 3.01. The molecular weight excluding hydrogens is 404 g/mol. The van der Waals surface area contributed by atoms with E-state index < -0.39 is 11.9 Å². The number of aromatic hydroxyl groups is 1. The van der Waals surface area contributed by atoms with Gasteiger partial charge in [0.2, 0.25) is 5.91 Å². The van der Waals surface area contributed by atoms with E-state index in [-0.39, 0.29) is 40.9 Å². The molecule has 0 fully saturated rings. The topological polar surface area (TPSA) is 137 Å². The Balaban J connectivity index is 2.56. The van der Waals surface area contributed by atoms with E-state index in [1.165, 1.54) is 13.2 Å². The molecule has 5 N–H and O–H groups in total. The molecule has 1 unspecified atom stereocenters. The van der Waals surface area contributed by atoms with Crippen LogP contribution in [-0.4, -0.2) is 35.7 Å². The fraction of sp³-hybridized carbons (Fsp3) is 0.238. The van der Waals surface area contributed by atoms with Gasteiger partial charge in [0.1, 0.15) is 4.99 Å². The smallest absolute Gasteiger partial charge is 0.317 e. The minimum absolute atomic E-state index is 0.0829. The Morgan fingerprint density at radius 1 is 1.27 bits per heavy atom. The van der Waals surface area contributed by atoms with Crippen LogP contribution in [0.15, 0.2) is 42.5 Å². The minimum Gasteiger partial charge on any atom is -0.504 e. The Morgan fingerprint density at radius 3 is 2.57 bits per heavy atom. The van der Waals surface area contributed by atoms with Gasteiger partial charge in [-0.15, -0.1) is 0 Å². The predicted octanol–water partition coefficient (Wildman–Crippen LogP) is 2.10. The van der Waals surface area contributed by atoms with E-state index in [9.17, 15) is 14.7 Å². The Kier molecular flexibility index (Phi) is 8.14. The molecule has 0 saturated heterocycles. The van der Waals surface area contributed by atoms with Crippen molar-refractivity contribution in [2.45, 2.75) is 18.8 Å². The lowest BCUT2D eigenvalue weighted by molar-refractivity contribution is -0.122. The van der Waals surface area contributed by atoms with Gasteiger partial charge in [0.15, 0.2) is 11.5 Å². The molecule has 0 aliphatic carbocycles. The van der Waals surface area contributed by atoms with Gasteiger partial charge in [0.05, 0.1) is 31.1 Å². The van der Waals surface area contributed by atoms with Gasteiger partial charge in [-0.1, -0.05) is 48.6 Å². The SMILES string of the molecule is COc1ccc(C(Cc2ccccc2)C(=O)NCCC#N)c(C(=S)NC(N)=O)c1O. The summed E-state index contributed by atoms with van der Waals surface area (Å²) in [5.41, 5.74) is 6.54. The summed E-state index contributed by atoms with van der Waals surface area (Å²) in [7, 11) is 1.37. The van der Waals surface area contributed by atoms with Crippen LogP contribution in [0.2, 0.25) is 0 Å². The molecule has 0 aromatic heterocycles. The molecule has 2 aromatic rings. The van der Waals surface area contributed by atoms with Crippen molar-refractivity contribution < 1.29 is 19.4 Å². The molecule has 0 aliphatic rings. The zero-order chi connectivity index (χ0) is 22.1. The number of phenols is 1. The third-order valence-corrected chi connectivity index (χ3v) is 4.67. The number of nitrogens with zero attached hydrogens (tertiary/aromatic N) is 1. The Bertz CT molecular complexity index is 973. The van der Waals surface area contributed by atoms with Crippen LogP contribution >= 0.6 is 12.2 Å². The van der Waals surface area contributed by atoms with Crippen molar-refractivity contribution in [3.05, 3.63) is 59.2 Å². The molecule has 1 atom stereocenters. The maximum Gasteiger partial charge on any atom is 0.317 e. The van der Waals surface area contributed by atoms with Gasteiger partial charge in [0.25, 0.3) is 0 Å². The van der Waals surface area contributed by atoms with Crippen molar-refractivity contribution in [2.24, 2.45) is 5.73 Å². The lowest BCUT2D eigenvalue weighted by atomic mass is 9.87. The molecule has 30 heavy (non-hydrogen) atoms. The van der Waals surface area contributed by atoms with Crippen molar-refractivity contribution in [1.29, 1.82) is 5.26 Å². The van der Waals surface area contributed by atoms with Gasteiger partial charge < -0.3 is 20.9 Å². The summed E-state index contributed by atoms with van der Waals surface area (Å²) in [6.45, 7) is 0.183. The lowest BCUT2D eigenvalue weighted by Crippen LogP contribution is -2.36. The minimum atomic E-state index is -0.897. The zero-order valence-corrected chi connectivity index (χ0v) is 17.2. The number of phenolic OH excluding ortho intramolecular Hbond substituents is 1. The highest BCUT2D eigenvalue weighted by atomic mass is 32.1. The van der Waals surface area contributed by atoms with E-state index in [0.29, 0.717) is 12.0 Å². The number of hydrogen-bond donors (Lipinski definition) is 4. The molecule has 3 amide bonds. The monoisotopic (exact) mass is 426 g/mol. The van der Waals surface area contributed by atoms with E-state index in [0.717, 1.165) is 5.56 Å². The third-order valence-electron chi connectivity index (χ3n) is 4.37. The first-order valence-corrected chi connectivity index (χ1v) is 9.49. The number of hydrogen-bond acceptors (Lipinski definition) is 6. The van der Waals surface area contributed by atoms with Crippen molar-refractivity contribution in [3.63, 3.8) is 0 Å². The number of urea groups is 1. The molecule has 156 valence electrons. The van der Waals surface area contributed by atoms with Crippen LogP contribution < -0.4 is 21.1 Å². The summed E-state index contributed by atoms with van der Waals surface area (Å²) < 4.78 is 5.14. The number of ether oxygens (including phenoxy) is 1. The summed E-state index contributed by atoms with van der Waals surface area (Å²) in [4.78, 5) is 24.2. The van der Waals surface area contributed by atoms with E-state index >= 15 is 0 Å². The number of amides is 3. The molecule has 0 spiro atoms. The maximum atomic E-state index is 13.0. The number of carbonyl (C=O) groups excluding carboxylic acids is 2. The highest BCUT2D eigenvalue weighted by Gasteiger charge is 2.28. The van der Waals surface area contributed by atoms with E-state index in [1.807, 2.05) is 36.4 Å². The molecular formula is C21H22N4O4S. The van der Waals surface area contributed by atoms with Crippen LogP contribution in [0.3, 0.4) is 0 Å². The van der Waals surface area contributed by atoms with Crippen LogP contribution in [-0.2, 0) is 11.2 Å². The Labute approximate surface area is 179 Å². The van der Waals surface area contributed by atoms with Crippen LogP contribution in [0.25, 0.3) is 0 Å². The van der Waals surface area contributed by atoms with Crippen molar-refractivity contribution >= 4 is 29.1 Å². The summed E-state index contributed by atoms with van der Waals surface area (Å²) >= 11 is 5.25. The second-order valence-corrected chi connectivity index (χ2v) is 6.75. The average molecular weight is 426 g/mol. The first-order chi connectivity index (χ1) is 14.4. The molecule has 2 rings (SSSR count). The van der Waals surface area contributed by atoms with Gasteiger partial charge >= 0.3 is 6.03 Å². The molecule has 0 bridgehead atoms. The van der Waals surface area contributed by atoms with E-state index in [1.54, 1.807) is 6.07 Å². The third kappa shape index (κ3) is 5.68. The number of carbonyl (C=O) groups is 2. The number of nitrogens with two attached hydrogens (primary N) is 1. The highest BCUT2D eigenvalue weighted by Crippen LogP contribution is 2.37. The van der Waals surface area contributed by atoms with Crippen LogP contribution in [0.1, 0.15) is 29.0 Å². The molecule has 8 nitrogen and oxygen atoms in total. The number of benzene rings is 2. The Hall–Kier alpha value is -3.64. The summed E-state index contributed by atoms with van der Waals surface area (Å²) in [6, 6.07) is 13.5. The molecule has 0 heterocycles. The second-order valence-electron chi connectivity index (χ2n) is 6.34. The predicted molar refractivity (Wildman–Crippen MR) is 115 cm³/mol. The number of methoxy groups -OCH3 is 1. The molecule has 0 saturated carbocycles. The number of rotatable bonds is 8. The number of thiocarbonyl (C=S) groups is 1. The summed E-state index contributed by atoms with van der Waals surface area (Å²) in [6.07, 6.45) is 0.462. The molecule has 2 aromatic carbocycles. The summed E-state index contributed by atoms with van der Waals surface area (Å²) in [5, 5.41) is 24.4. The van der Waals surface area contributed by atoms with Gasteiger partial charge in [-0.3, -0.25) is 10.1 Å². The number of nitriles is 1. The van der Waals surface area contributed by atoms with Gasteiger partial charge in [-0.25, -0.2) is 4.79 Å². The standard InChI is InChI=1S/C21H22N4O4S/c1-29-16-9-8-14(17(18(16)26)20(30)25-21(23)28)15(19(27)24-11-5-10-22)12-13-6-3-2-4-7-13/h2-4,6-9,15,26H,5,11-12H2,1H3,(H,24,27)(H3,23,25,28,30). The number of primary amides is 1. The zero-order valence-electron chi connectivity index (χ0n) is 16.3. The molecule has 0 radical (unpaired) electrons. The first-order valence-electron chi connectivity index (χ1n) is 9.08. The molecule has 0 aliphatic heterocycles.